The molecule has 8 heteroatoms. The zero-order chi connectivity index (χ0) is 30.9. The van der Waals surface area contributed by atoms with Gasteiger partial charge in [0, 0.05) is 22.0 Å². The highest BCUT2D eigenvalue weighted by Gasteiger charge is 2.20. The number of oxazole rings is 2. The molecule has 0 saturated carbocycles. The molecule has 0 fully saturated rings. The fraction of sp³-hybridized carbons (Fsp3) is 0. The van der Waals surface area contributed by atoms with Crippen LogP contribution in [0.1, 0.15) is 0 Å². The van der Waals surface area contributed by atoms with Crippen LogP contribution >= 0.6 is 0 Å². The lowest BCUT2D eigenvalue weighted by Crippen LogP contribution is -2.01. The summed E-state index contributed by atoms with van der Waals surface area (Å²) in [5.74, 6) is 1.63. The Kier molecular flexibility index (Phi) is 5.41. The molecule has 0 aliphatic carbocycles. The molecule has 0 radical (unpaired) electrons. The minimum absolute atomic E-state index is 0.293. The molecule has 4 heterocycles. The smallest absolute Gasteiger partial charge is 0.266 e. The number of hydrogen-bond acceptors (Lipinski definition) is 7. The van der Waals surface area contributed by atoms with Crippen molar-refractivity contribution in [3.63, 3.8) is 0 Å². The van der Waals surface area contributed by atoms with Gasteiger partial charge in [-0.2, -0.15) is 4.98 Å². The summed E-state index contributed by atoms with van der Waals surface area (Å²) in [5, 5.41) is 4.84. The lowest BCUT2D eigenvalue weighted by Gasteiger charge is -2.10. The van der Waals surface area contributed by atoms with Crippen molar-refractivity contribution in [1.29, 1.82) is 0 Å². The summed E-state index contributed by atoms with van der Waals surface area (Å²) >= 11 is 0. The van der Waals surface area contributed by atoms with Crippen LogP contribution in [0.25, 0.3) is 95.3 Å². The molecule has 47 heavy (non-hydrogen) atoms. The van der Waals surface area contributed by atoms with E-state index in [-0.39, 0.29) is 0 Å². The molecule has 10 rings (SSSR count). The molecule has 0 aliphatic heterocycles. The number of hydrogen-bond donors (Lipinski definition) is 0. The second-order valence-electron chi connectivity index (χ2n) is 11.4. The van der Waals surface area contributed by atoms with Crippen LogP contribution in [0.15, 0.2) is 142 Å². The van der Waals surface area contributed by atoms with E-state index >= 15 is 0 Å². The van der Waals surface area contributed by atoms with Crippen molar-refractivity contribution >= 4 is 54.8 Å². The van der Waals surface area contributed by atoms with Gasteiger partial charge in [0.25, 0.3) is 11.8 Å². The van der Waals surface area contributed by atoms with E-state index in [2.05, 4.69) is 87.3 Å². The number of para-hydroxylation sites is 5. The molecule has 0 unspecified atom stereocenters. The summed E-state index contributed by atoms with van der Waals surface area (Å²) in [6, 6.07) is 44.9. The van der Waals surface area contributed by atoms with E-state index < -0.39 is 0 Å². The first-order valence-corrected chi connectivity index (χ1v) is 15.3. The van der Waals surface area contributed by atoms with Crippen LogP contribution in [0.5, 0.6) is 0 Å². The SMILES string of the molecule is c1ccc2cc3c(cc2c1)c1ccccc1n3-c1ccc(-c2nc(-c3nc4ccccc4o3)nc(-c3nc4ccccc4o3)n2)cc1. The number of rotatable bonds is 4. The van der Waals surface area contributed by atoms with Gasteiger partial charge in [-0.15, -0.1) is 0 Å². The van der Waals surface area contributed by atoms with Gasteiger partial charge in [0.1, 0.15) is 11.0 Å². The van der Waals surface area contributed by atoms with Crippen LogP contribution in [0.2, 0.25) is 0 Å². The van der Waals surface area contributed by atoms with E-state index in [1.807, 2.05) is 60.7 Å². The topological polar surface area (TPSA) is 95.7 Å². The summed E-state index contributed by atoms with van der Waals surface area (Å²) < 4.78 is 14.4. The minimum atomic E-state index is 0.293. The number of nitrogens with zero attached hydrogens (tertiary/aromatic N) is 6. The molecule has 6 aromatic carbocycles. The Morgan fingerprint density at radius 2 is 0.979 bits per heavy atom. The fourth-order valence-electron chi connectivity index (χ4n) is 6.32. The lowest BCUT2D eigenvalue weighted by atomic mass is 10.1. The van der Waals surface area contributed by atoms with Crippen LogP contribution in [-0.4, -0.2) is 29.5 Å². The summed E-state index contributed by atoms with van der Waals surface area (Å²) in [5.41, 5.74) is 6.86. The minimum Gasteiger partial charge on any atom is -0.434 e. The zero-order valence-corrected chi connectivity index (χ0v) is 24.7. The molecule has 0 N–H and O–H groups in total. The van der Waals surface area contributed by atoms with Crippen LogP contribution in [0, 0.1) is 0 Å². The number of aromatic nitrogens is 6. The Hall–Kier alpha value is -6.67. The molecule has 4 aromatic heterocycles. The van der Waals surface area contributed by atoms with Crippen molar-refractivity contribution in [3.8, 4) is 40.5 Å². The normalized spacial score (nSPS) is 11.8. The highest BCUT2D eigenvalue weighted by atomic mass is 16.4. The van der Waals surface area contributed by atoms with Crippen LogP contribution in [-0.2, 0) is 0 Å². The quantitative estimate of drug-likeness (QED) is 0.197. The zero-order valence-electron chi connectivity index (χ0n) is 24.7. The second-order valence-corrected chi connectivity index (χ2v) is 11.4. The van der Waals surface area contributed by atoms with Crippen LogP contribution in [0.4, 0.5) is 0 Å². The summed E-state index contributed by atoms with van der Waals surface area (Å²) in [4.78, 5) is 23.6. The van der Waals surface area contributed by atoms with Crippen molar-refractivity contribution in [3.05, 3.63) is 133 Å². The summed E-state index contributed by atoms with van der Waals surface area (Å²) in [6.07, 6.45) is 0. The fourth-order valence-corrected chi connectivity index (χ4v) is 6.32. The second kappa shape index (κ2) is 9.92. The van der Waals surface area contributed by atoms with Crippen LogP contribution < -0.4 is 0 Å². The van der Waals surface area contributed by atoms with Gasteiger partial charge >= 0.3 is 0 Å². The van der Waals surface area contributed by atoms with Crippen molar-refractivity contribution in [2.24, 2.45) is 0 Å². The molecular formula is C39H22N6O2. The number of fused-ring (bicyclic) bond motifs is 6. The monoisotopic (exact) mass is 606 g/mol. The van der Waals surface area contributed by atoms with Crippen molar-refractivity contribution in [2.45, 2.75) is 0 Å². The maximum absolute atomic E-state index is 6.06. The molecular weight excluding hydrogens is 584 g/mol. The van der Waals surface area contributed by atoms with Gasteiger partial charge < -0.3 is 13.4 Å². The Morgan fingerprint density at radius 1 is 0.426 bits per heavy atom. The molecule has 0 spiro atoms. The number of benzene rings is 6. The van der Waals surface area contributed by atoms with Gasteiger partial charge in [0.05, 0.1) is 11.0 Å². The van der Waals surface area contributed by atoms with Gasteiger partial charge in [0.15, 0.2) is 17.0 Å². The predicted octanol–water partition coefficient (Wildman–Crippen LogP) is 9.41. The molecule has 0 saturated heterocycles. The summed E-state index contributed by atoms with van der Waals surface area (Å²) in [6.45, 7) is 0. The predicted molar refractivity (Wildman–Crippen MR) is 183 cm³/mol. The first kappa shape index (κ1) is 25.6. The van der Waals surface area contributed by atoms with Gasteiger partial charge in [-0.25, -0.2) is 19.9 Å². The molecule has 0 aliphatic rings. The van der Waals surface area contributed by atoms with E-state index in [1.165, 1.54) is 21.5 Å². The Morgan fingerprint density at radius 3 is 1.64 bits per heavy atom. The van der Waals surface area contributed by atoms with Gasteiger partial charge in [-0.1, -0.05) is 66.7 Å². The van der Waals surface area contributed by atoms with E-state index in [4.69, 9.17) is 23.8 Å². The van der Waals surface area contributed by atoms with E-state index in [1.54, 1.807) is 0 Å². The maximum Gasteiger partial charge on any atom is 0.266 e. The third-order valence-corrected chi connectivity index (χ3v) is 8.53. The van der Waals surface area contributed by atoms with Crippen molar-refractivity contribution in [1.82, 2.24) is 29.5 Å². The van der Waals surface area contributed by atoms with Gasteiger partial charge in [-0.3, -0.25) is 0 Å². The Bertz CT molecular complexity index is 2650. The Labute approximate surface area is 266 Å². The van der Waals surface area contributed by atoms with Crippen molar-refractivity contribution < 1.29 is 8.83 Å². The lowest BCUT2D eigenvalue weighted by molar-refractivity contribution is 0.605. The molecule has 220 valence electrons. The first-order valence-electron chi connectivity index (χ1n) is 15.3. The van der Waals surface area contributed by atoms with Gasteiger partial charge in [-0.05, 0) is 77.5 Å². The average molecular weight is 607 g/mol. The third-order valence-electron chi connectivity index (χ3n) is 8.53. The van der Waals surface area contributed by atoms with E-state index in [9.17, 15) is 0 Å². The Balaban J connectivity index is 1.13. The molecule has 0 atom stereocenters. The summed E-state index contributed by atoms with van der Waals surface area (Å²) in [7, 11) is 0. The van der Waals surface area contributed by atoms with E-state index in [0.29, 0.717) is 40.4 Å². The molecule has 8 nitrogen and oxygen atoms in total. The molecule has 0 amide bonds. The average Bonchev–Trinajstić information content (AvgIpc) is 3.85. The highest BCUT2D eigenvalue weighted by Crippen LogP contribution is 2.35. The first-order chi connectivity index (χ1) is 23.2. The highest BCUT2D eigenvalue weighted by molar-refractivity contribution is 6.13. The van der Waals surface area contributed by atoms with Crippen molar-refractivity contribution in [2.75, 3.05) is 0 Å². The largest absolute Gasteiger partial charge is 0.434 e. The standard InChI is InChI=1S/C39H22N6O2/c1-2-10-25-22-32-28(21-24(25)9-1)27-11-3-6-14-31(27)45(32)26-19-17-23(18-20-26)35-42-36(38-40-29-12-4-7-15-33(29)46-38)44-37(43-35)39-41-30-13-5-8-16-34(30)47-39/h1-22H. The molecule has 0 bridgehead atoms. The molecule has 10 aromatic rings. The maximum atomic E-state index is 6.06. The van der Waals surface area contributed by atoms with E-state index in [0.717, 1.165) is 33.3 Å². The van der Waals surface area contributed by atoms with Crippen LogP contribution in [0.3, 0.4) is 0 Å². The van der Waals surface area contributed by atoms with Gasteiger partial charge in [0.2, 0.25) is 11.6 Å². The third kappa shape index (κ3) is 4.12.